The molecular weight excluding hydrogens is 356 g/mol. The van der Waals surface area contributed by atoms with Crippen molar-refractivity contribution in [1.82, 2.24) is 9.88 Å². The second kappa shape index (κ2) is 10.2. The molecule has 0 spiro atoms. The molecule has 0 unspecified atom stereocenters. The number of aromatic nitrogens is 1. The highest BCUT2D eigenvalue weighted by atomic mass is 16.2. The lowest BCUT2D eigenvalue weighted by Gasteiger charge is -2.21. The van der Waals surface area contributed by atoms with Crippen molar-refractivity contribution in [1.29, 1.82) is 0 Å². The molecule has 148 valence electrons. The van der Waals surface area contributed by atoms with Crippen molar-refractivity contribution in [3.05, 3.63) is 53.9 Å². The maximum atomic E-state index is 12.7. The molecule has 3 amide bonds. The Morgan fingerprint density at radius 2 is 1.43 bits per heavy atom. The molecule has 0 atom stereocenters. The van der Waals surface area contributed by atoms with Gasteiger partial charge in [0.05, 0.1) is 11.1 Å². The van der Waals surface area contributed by atoms with Crippen LogP contribution in [-0.2, 0) is 4.79 Å². The number of carbonyl (C=O) groups excluding carboxylic acids is 3. The topological polar surface area (TPSA) is 91.4 Å². The number of hydrogen-bond donors (Lipinski definition) is 2. The third-order valence-corrected chi connectivity index (χ3v) is 3.98. The van der Waals surface area contributed by atoms with Crippen LogP contribution >= 0.6 is 0 Å². The van der Waals surface area contributed by atoms with E-state index in [0.29, 0.717) is 35.6 Å². The van der Waals surface area contributed by atoms with Crippen LogP contribution in [0.15, 0.2) is 42.7 Å². The van der Waals surface area contributed by atoms with Crippen molar-refractivity contribution >= 4 is 29.1 Å². The van der Waals surface area contributed by atoms with Crippen LogP contribution in [0.4, 0.5) is 11.4 Å². The fourth-order valence-electron chi connectivity index (χ4n) is 2.76. The van der Waals surface area contributed by atoms with E-state index in [1.165, 1.54) is 19.3 Å². The first-order chi connectivity index (χ1) is 13.4. The highest BCUT2D eigenvalue weighted by molar-refractivity contribution is 6.06. The van der Waals surface area contributed by atoms with E-state index in [9.17, 15) is 14.4 Å². The van der Waals surface area contributed by atoms with Crippen molar-refractivity contribution < 1.29 is 14.4 Å². The standard InChI is InChI=1S/C21H26N4O3/c1-4-10-25(11-5-2)21(28)17-12-16(13-22-14-17)20(27)24-19-8-6-18(7-9-19)23-15(3)26/h6-9,12-14H,4-5,10-11H2,1-3H3,(H,23,26)(H,24,27). The minimum Gasteiger partial charge on any atom is -0.339 e. The summed E-state index contributed by atoms with van der Waals surface area (Å²) in [5.41, 5.74) is 1.93. The number of nitrogens with one attached hydrogen (secondary N) is 2. The molecule has 7 nitrogen and oxygen atoms in total. The molecule has 0 radical (unpaired) electrons. The second-order valence-corrected chi connectivity index (χ2v) is 6.47. The molecule has 2 aromatic rings. The predicted octanol–water partition coefficient (Wildman–Crippen LogP) is 3.55. The second-order valence-electron chi connectivity index (χ2n) is 6.47. The van der Waals surface area contributed by atoms with Gasteiger partial charge in [-0.2, -0.15) is 0 Å². The Labute approximate surface area is 165 Å². The molecule has 0 aliphatic carbocycles. The first kappa shape index (κ1) is 21.1. The molecule has 2 N–H and O–H groups in total. The molecule has 7 heteroatoms. The van der Waals surface area contributed by atoms with Gasteiger partial charge in [0.15, 0.2) is 0 Å². The van der Waals surface area contributed by atoms with Crippen LogP contribution in [-0.4, -0.2) is 40.7 Å². The lowest BCUT2D eigenvalue weighted by molar-refractivity contribution is -0.114. The van der Waals surface area contributed by atoms with Crippen molar-refractivity contribution in [3.63, 3.8) is 0 Å². The largest absolute Gasteiger partial charge is 0.339 e. The zero-order chi connectivity index (χ0) is 20.5. The zero-order valence-electron chi connectivity index (χ0n) is 16.5. The minimum atomic E-state index is -0.355. The Hall–Kier alpha value is -3.22. The van der Waals surface area contributed by atoms with E-state index in [2.05, 4.69) is 15.6 Å². The summed E-state index contributed by atoms with van der Waals surface area (Å²) in [5, 5.41) is 5.43. The van der Waals surface area contributed by atoms with Crippen LogP contribution < -0.4 is 10.6 Å². The first-order valence-corrected chi connectivity index (χ1v) is 9.38. The molecule has 1 aromatic heterocycles. The highest BCUT2D eigenvalue weighted by Crippen LogP contribution is 2.15. The van der Waals surface area contributed by atoms with Gasteiger partial charge in [-0.3, -0.25) is 19.4 Å². The van der Waals surface area contributed by atoms with Crippen LogP contribution in [0.25, 0.3) is 0 Å². The maximum absolute atomic E-state index is 12.7. The number of hydrogen-bond acceptors (Lipinski definition) is 4. The Morgan fingerprint density at radius 1 is 0.893 bits per heavy atom. The van der Waals surface area contributed by atoms with Crippen molar-refractivity contribution in [3.8, 4) is 0 Å². The van der Waals surface area contributed by atoms with Crippen LogP contribution in [0.5, 0.6) is 0 Å². The lowest BCUT2D eigenvalue weighted by atomic mass is 10.1. The van der Waals surface area contributed by atoms with E-state index < -0.39 is 0 Å². The fourth-order valence-corrected chi connectivity index (χ4v) is 2.76. The third-order valence-electron chi connectivity index (χ3n) is 3.98. The summed E-state index contributed by atoms with van der Waals surface area (Å²) in [7, 11) is 0. The Balaban J connectivity index is 2.11. The third kappa shape index (κ3) is 5.90. The molecule has 0 saturated carbocycles. The van der Waals surface area contributed by atoms with E-state index in [-0.39, 0.29) is 17.7 Å². The average Bonchev–Trinajstić information content (AvgIpc) is 2.68. The summed E-state index contributed by atoms with van der Waals surface area (Å²) >= 11 is 0. The average molecular weight is 382 g/mol. The van der Waals surface area contributed by atoms with Gasteiger partial charge in [-0.15, -0.1) is 0 Å². The maximum Gasteiger partial charge on any atom is 0.257 e. The minimum absolute atomic E-state index is 0.120. The number of benzene rings is 1. The van der Waals surface area contributed by atoms with E-state index in [1.807, 2.05) is 13.8 Å². The molecule has 28 heavy (non-hydrogen) atoms. The first-order valence-electron chi connectivity index (χ1n) is 9.38. The van der Waals surface area contributed by atoms with E-state index in [0.717, 1.165) is 12.8 Å². The van der Waals surface area contributed by atoms with Crippen molar-refractivity contribution in [2.24, 2.45) is 0 Å². The Kier molecular flexibility index (Phi) is 7.68. The van der Waals surface area contributed by atoms with Gasteiger partial charge >= 0.3 is 0 Å². The summed E-state index contributed by atoms with van der Waals surface area (Å²) in [6.07, 6.45) is 4.66. The molecule has 0 bridgehead atoms. The molecule has 1 heterocycles. The molecule has 0 saturated heterocycles. The molecule has 0 aliphatic rings. The number of nitrogens with zero attached hydrogens (tertiary/aromatic N) is 2. The normalized spacial score (nSPS) is 10.2. The summed E-state index contributed by atoms with van der Waals surface area (Å²) in [5.74, 6) is -0.637. The van der Waals surface area contributed by atoms with Crippen molar-refractivity contribution in [2.45, 2.75) is 33.6 Å². The van der Waals surface area contributed by atoms with E-state index >= 15 is 0 Å². The van der Waals surface area contributed by atoms with E-state index in [4.69, 9.17) is 0 Å². The fraction of sp³-hybridized carbons (Fsp3) is 0.333. The number of carbonyl (C=O) groups is 3. The van der Waals surface area contributed by atoms with Gasteiger partial charge in [0.1, 0.15) is 0 Å². The zero-order valence-corrected chi connectivity index (χ0v) is 16.5. The smallest absolute Gasteiger partial charge is 0.257 e. The summed E-state index contributed by atoms with van der Waals surface area (Å²) in [6.45, 7) is 6.82. The predicted molar refractivity (Wildman–Crippen MR) is 109 cm³/mol. The van der Waals surface area contributed by atoms with Gasteiger partial charge in [0.2, 0.25) is 5.91 Å². The SMILES string of the molecule is CCCN(CCC)C(=O)c1cncc(C(=O)Nc2ccc(NC(C)=O)cc2)c1. The summed E-state index contributed by atoms with van der Waals surface area (Å²) in [4.78, 5) is 42.1. The van der Waals surface area contributed by atoms with Gasteiger partial charge in [0.25, 0.3) is 11.8 Å². The molecule has 1 aromatic carbocycles. The summed E-state index contributed by atoms with van der Waals surface area (Å²) < 4.78 is 0. The van der Waals surface area contributed by atoms with Crippen LogP contribution in [0.1, 0.15) is 54.3 Å². The van der Waals surface area contributed by atoms with Crippen LogP contribution in [0.3, 0.4) is 0 Å². The Morgan fingerprint density at radius 3 is 1.96 bits per heavy atom. The number of pyridine rings is 1. The highest BCUT2D eigenvalue weighted by Gasteiger charge is 2.17. The molecular formula is C21H26N4O3. The molecule has 2 rings (SSSR count). The summed E-state index contributed by atoms with van der Waals surface area (Å²) in [6, 6.07) is 8.34. The Bertz CT molecular complexity index is 828. The monoisotopic (exact) mass is 382 g/mol. The van der Waals surface area contributed by atoms with E-state index in [1.54, 1.807) is 35.2 Å². The molecule has 0 fully saturated rings. The number of rotatable bonds is 8. The van der Waals surface area contributed by atoms with Gasteiger partial charge in [0, 0.05) is 43.8 Å². The lowest BCUT2D eigenvalue weighted by Crippen LogP contribution is -2.32. The van der Waals surface area contributed by atoms with Gasteiger partial charge in [-0.25, -0.2) is 0 Å². The van der Waals surface area contributed by atoms with Crippen LogP contribution in [0, 0.1) is 0 Å². The molecule has 0 aliphatic heterocycles. The van der Waals surface area contributed by atoms with Crippen LogP contribution in [0.2, 0.25) is 0 Å². The van der Waals surface area contributed by atoms with Gasteiger partial charge in [-0.1, -0.05) is 13.8 Å². The van der Waals surface area contributed by atoms with Gasteiger partial charge in [-0.05, 0) is 43.2 Å². The quantitative estimate of drug-likeness (QED) is 0.730. The van der Waals surface area contributed by atoms with Crippen molar-refractivity contribution in [2.75, 3.05) is 23.7 Å². The van der Waals surface area contributed by atoms with Gasteiger partial charge < -0.3 is 15.5 Å². The number of anilines is 2. The number of amides is 3.